The number of aromatic nitrogens is 1. The lowest BCUT2D eigenvalue weighted by Crippen LogP contribution is -2.32. The van der Waals surface area contributed by atoms with Gasteiger partial charge >= 0.3 is 0 Å². The van der Waals surface area contributed by atoms with E-state index in [1.807, 2.05) is 59.1 Å². The number of hydrogen-bond acceptors (Lipinski definition) is 4. The Morgan fingerprint density at radius 1 is 1.09 bits per heavy atom. The molecule has 1 atom stereocenters. The summed E-state index contributed by atoms with van der Waals surface area (Å²) in [4.78, 5) is 33.2. The van der Waals surface area contributed by atoms with Gasteiger partial charge in [0, 0.05) is 23.5 Å². The minimum atomic E-state index is -0.622. The van der Waals surface area contributed by atoms with Crippen molar-refractivity contribution in [2.24, 2.45) is 0 Å². The summed E-state index contributed by atoms with van der Waals surface area (Å²) < 4.78 is 0. The van der Waals surface area contributed by atoms with Gasteiger partial charge in [-0.3, -0.25) is 9.59 Å². The number of aromatic amines is 1. The summed E-state index contributed by atoms with van der Waals surface area (Å²) in [5.41, 5.74) is 5.40. The van der Waals surface area contributed by atoms with Crippen molar-refractivity contribution in [2.45, 2.75) is 53.0 Å². The number of aliphatic hydroxyl groups is 1. The largest absolute Gasteiger partial charge is 0.507 e. The summed E-state index contributed by atoms with van der Waals surface area (Å²) in [6, 6.07) is 7.42. The number of Topliss-reactive ketones (excluding diaryl/α,β-unsaturated/α-hetero) is 1. The molecule has 0 radical (unpaired) electrons. The lowest BCUT2D eigenvalue weighted by atomic mass is 9.92. The van der Waals surface area contributed by atoms with Crippen LogP contribution in [0.15, 0.2) is 29.8 Å². The number of aliphatic hydroxyl groups excluding tert-OH is 1. The van der Waals surface area contributed by atoms with E-state index in [0.29, 0.717) is 18.0 Å². The van der Waals surface area contributed by atoms with E-state index in [1.54, 1.807) is 4.90 Å². The molecule has 1 aliphatic rings. The van der Waals surface area contributed by atoms with Crippen LogP contribution in [-0.4, -0.2) is 58.8 Å². The van der Waals surface area contributed by atoms with E-state index in [0.717, 1.165) is 35.5 Å². The summed E-state index contributed by atoms with van der Waals surface area (Å²) in [5.74, 6) is -0.895. The Morgan fingerprint density at radius 3 is 2.22 bits per heavy atom. The number of amides is 1. The highest BCUT2D eigenvalue weighted by molar-refractivity contribution is 6.46. The Morgan fingerprint density at radius 2 is 1.72 bits per heavy atom. The zero-order chi connectivity index (χ0) is 23.7. The van der Waals surface area contributed by atoms with Crippen LogP contribution in [-0.2, 0) is 9.59 Å². The lowest BCUT2D eigenvalue weighted by Gasteiger charge is -2.26. The average molecular weight is 438 g/mol. The molecule has 2 heterocycles. The maximum atomic E-state index is 13.2. The van der Waals surface area contributed by atoms with Crippen molar-refractivity contribution in [1.29, 1.82) is 0 Å². The Hall–Kier alpha value is -2.86. The normalized spacial score (nSPS) is 18.4. The van der Waals surface area contributed by atoms with Crippen LogP contribution >= 0.6 is 0 Å². The molecule has 3 rings (SSSR count). The molecular formula is C26H35N3O3. The number of nitrogens with one attached hydrogen (secondary N) is 1. The van der Waals surface area contributed by atoms with Crippen LogP contribution in [0.3, 0.4) is 0 Å². The van der Waals surface area contributed by atoms with E-state index in [-0.39, 0.29) is 11.3 Å². The van der Waals surface area contributed by atoms with Crippen molar-refractivity contribution in [3.63, 3.8) is 0 Å². The molecule has 0 spiro atoms. The van der Waals surface area contributed by atoms with E-state index >= 15 is 0 Å². The maximum Gasteiger partial charge on any atom is 0.295 e. The van der Waals surface area contributed by atoms with Crippen molar-refractivity contribution in [2.75, 3.05) is 27.2 Å². The van der Waals surface area contributed by atoms with Crippen LogP contribution in [0, 0.1) is 20.8 Å². The second kappa shape index (κ2) is 9.33. The van der Waals surface area contributed by atoms with Crippen molar-refractivity contribution in [3.8, 4) is 0 Å². The van der Waals surface area contributed by atoms with E-state index in [9.17, 15) is 14.7 Å². The molecule has 1 unspecified atom stereocenters. The Bertz CT molecular complexity index is 1050. The fourth-order valence-electron chi connectivity index (χ4n) is 4.47. The van der Waals surface area contributed by atoms with Crippen LogP contribution in [0.5, 0.6) is 0 Å². The molecule has 6 nitrogen and oxygen atoms in total. The minimum Gasteiger partial charge on any atom is -0.507 e. The summed E-state index contributed by atoms with van der Waals surface area (Å²) in [6.45, 7) is 11.2. The van der Waals surface area contributed by atoms with Gasteiger partial charge in [-0.1, -0.05) is 38.1 Å². The molecule has 2 N–H and O–H groups in total. The number of H-pyrrole nitrogens is 1. The molecule has 1 saturated heterocycles. The first-order chi connectivity index (χ1) is 15.0. The van der Waals surface area contributed by atoms with Gasteiger partial charge in [-0.05, 0) is 70.4 Å². The number of likely N-dealkylation sites (tertiary alicyclic amines) is 1. The minimum absolute atomic E-state index is 0.101. The van der Waals surface area contributed by atoms with E-state index in [4.69, 9.17) is 0 Å². The lowest BCUT2D eigenvalue weighted by molar-refractivity contribution is -0.139. The fraction of sp³-hybridized carbons (Fsp3) is 0.462. The van der Waals surface area contributed by atoms with E-state index in [1.165, 1.54) is 5.56 Å². The number of ketones is 1. The van der Waals surface area contributed by atoms with E-state index in [2.05, 4.69) is 23.7 Å². The highest BCUT2D eigenvalue weighted by Crippen LogP contribution is 2.41. The molecular weight excluding hydrogens is 402 g/mol. The third-order valence-electron chi connectivity index (χ3n) is 6.39. The number of aryl methyl sites for hydroxylation is 2. The predicted octanol–water partition coefficient (Wildman–Crippen LogP) is 4.44. The molecule has 1 aliphatic heterocycles. The fourth-order valence-corrected chi connectivity index (χ4v) is 4.47. The molecule has 0 aliphatic carbocycles. The standard InChI is InChI=1S/C26H35N3O3/c1-15(2)19-9-11-20(12-10-19)23-22(24(30)21-16(3)17(4)27-18(21)5)25(31)26(32)29(23)14-8-13-28(6)7/h9-12,15,23,27,30H,8,13-14H2,1-7H3/b24-22+. The molecule has 1 aromatic carbocycles. The monoisotopic (exact) mass is 437 g/mol. The molecule has 1 aromatic heterocycles. The maximum absolute atomic E-state index is 13.2. The summed E-state index contributed by atoms with van der Waals surface area (Å²) in [5, 5.41) is 11.3. The van der Waals surface area contributed by atoms with Gasteiger partial charge in [0.1, 0.15) is 5.76 Å². The van der Waals surface area contributed by atoms with Crippen LogP contribution in [0.4, 0.5) is 0 Å². The topological polar surface area (TPSA) is 76.6 Å². The van der Waals surface area contributed by atoms with E-state index < -0.39 is 17.7 Å². The van der Waals surface area contributed by atoms with Gasteiger partial charge in [0.15, 0.2) is 0 Å². The number of carbonyl (C=O) groups excluding carboxylic acids is 2. The van der Waals surface area contributed by atoms with Gasteiger partial charge in [-0.25, -0.2) is 0 Å². The number of hydrogen-bond donors (Lipinski definition) is 2. The highest BCUT2D eigenvalue weighted by Gasteiger charge is 2.46. The van der Waals surface area contributed by atoms with Crippen LogP contribution in [0.25, 0.3) is 5.76 Å². The molecule has 1 amide bonds. The van der Waals surface area contributed by atoms with Crippen molar-refractivity contribution in [1.82, 2.24) is 14.8 Å². The van der Waals surface area contributed by atoms with Crippen LogP contribution in [0.1, 0.15) is 65.9 Å². The zero-order valence-corrected chi connectivity index (χ0v) is 20.2. The first-order valence-corrected chi connectivity index (χ1v) is 11.2. The van der Waals surface area contributed by atoms with Crippen molar-refractivity contribution in [3.05, 3.63) is 63.5 Å². The third-order valence-corrected chi connectivity index (χ3v) is 6.39. The number of rotatable bonds is 7. The Balaban J connectivity index is 2.14. The SMILES string of the molecule is Cc1[nH]c(C)c(/C(O)=C2\C(=O)C(=O)N(CCCN(C)C)C2c2ccc(C(C)C)cc2)c1C. The Labute approximate surface area is 190 Å². The number of benzene rings is 1. The molecule has 6 heteroatoms. The summed E-state index contributed by atoms with van der Waals surface area (Å²) in [7, 11) is 3.96. The number of carbonyl (C=O) groups is 2. The first kappa shape index (κ1) is 23.8. The average Bonchev–Trinajstić information content (AvgIpc) is 3.13. The molecule has 32 heavy (non-hydrogen) atoms. The summed E-state index contributed by atoms with van der Waals surface area (Å²) in [6.07, 6.45) is 0.738. The molecule has 0 saturated carbocycles. The second-order valence-corrected chi connectivity index (χ2v) is 9.35. The van der Waals surface area contributed by atoms with Crippen molar-refractivity contribution >= 4 is 17.4 Å². The van der Waals surface area contributed by atoms with Crippen LogP contribution < -0.4 is 0 Å². The predicted molar refractivity (Wildman–Crippen MR) is 128 cm³/mol. The van der Waals surface area contributed by atoms with Gasteiger partial charge in [0.25, 0.3) is 11.7 Å². The van der Waals surface area contributed by atoms with Gasteiger partial charge in [-0.2, -0.15) is 0 Å². The summed E-state index contributed by atoms with van der Waals surface area (Å²) >= 11 is 0. The zero-order valence-electron chi connectivity index (χ0n) is 20.2. The Kier molecular flexibility index (Phi) is 6.94. The third kappa shape index (κ3) is 4.37. The van der Waals surface area contributed by atoms with Crippen LogP contribution in [0.2, 0.25) is 0 Å². The molecule has 2 aromatic rings. The van der Waals surface area contributed by atoms with Crippen molar-refractivity contribution < 1.29 is 14.7 Å². The van der Waals surface area contributed by atoms with Gasteiger partial charge in [-0.15, -0.1) is 0 Å². The van der Waals surface area contributed by atoms with Gasteiger partial charge in [0.05, 0.1) is 11.6 Å². The quantitative estimate of drug-likeness (QED) is 0.381. The molecule has 1 fully saturated rings. The molecule has 172 valence electrons. The first-order valence-electron chi connectivity index (χ1n) is 11.2. The molecule has 0 bridgehead atoms. The van der Waals surface area contributed by atoms with Gasteiger partial charge < -0.3 is 19.9 Å². The second-order valence-electron chi connectivity index (χ2n) is 9.35. The smallest absolute Gasteiger partial charge is 0.295 e. The number of nitrogens with zero attached hydrogens (tertiary/aromatic N) is 2. The van der Waals surface area contributed by atoms with Gasteiger partial charge in [0.2, 0.25) is 0 Å². The highest BCUT2D eigenvalue weighted by atomic mass is 16.3.